The number of hydrogen-bond acceptors (Lipinski definition) is 2. The van der Waals surface area contributed by atoms with Gasteiger partial charge in [-0.1, -0.05) is 0 Å². The van der Waals surface area contributed by atoms with E-state index in [-0.39, 0.29) is 18.2 Å². The molecule has 0 spiro atoms. The Kier molecular flexibility index (Phi) is 3.68. The van der Waals surface area contributed by atoms with Gasteiger partial charge in [-0.15, -0.1) is 0 Å². The van der Waals surface area contributed by atoms with E-state index in [2.05, 4.69) is 4.98 Å². The second-order valence-corrected chi connectivity index (χ2v) is 3.51. The topological polar surface area (TPSA) is 38.9 Å². The lowest BCUT2D eigenvalue weighted by atomic mass is 10.1. The fraction of sp³-hybridized carbons (Fsp3) is 0.500. The second kappa shape index (κ2) is 4.61. The Morgan fingerprint density at radius 2 is 2.13 bits per heavy atom. The third-order valence-corrected chi connectivity index (χ3v) is 2.03. The molecular formula is C10H13F3N2. The van der Waals surface area contributed by atoms with Crippen molar-refractivity contribution in [3.05, 3.63) is 29.6 Å². The van der Waals surface area contributed by atoms with Crippen molar-refractivity contribution < 1.29 is 13.2 Å². The zero-order valence-corrected chi connectivity index (χ0v) is 8.38. The quantitative estimate of drug-likeness (QED) is 0.845. The minimum absolute atomic E-state index is 0.0716. The van der Waals surface area contributed by atoms with Gasteiger partial charge in [-0.3, -0.25) is 4.98 Å². The molecule has 0 amide bonds. The zero-order valence-electron chi connectivity index (χ0n) is 8.38. The highest BCUT2D eigenvalue weighted by atomic mass is 19.4. The molecule has 1 heterocycles. The van der Waals surface area contributed by atoms with Crippen LogP contribution in [0.3, 0.4) is 0 Å². The summed E-state index contributed by atoms with van der Waals surface area (Å²) in [7, 11) is 0. The van der Waals surface area contributed by atoms with E-state index in [9.17, 15) is 13.2 Å². The Labute approximate surface area is 86.3 Å². The molecule has 0 aromatic carbocycles. The van der Waals surface area contributed by atoms with Crippen LogP contribution < -0.4 is 5.73 Å². The van der Waals surface area contributed by atoms with E-state index in [0.717, 1.165) is 6.07 Å². The molecule has 1 aromatic heterocycles. The van der Waals surface area contributed by atoms with Crippen LogP contribution in [0.1, 0.15) is 24.6 Å². The van der Waals surface area contributed by atoms with Gasteiger partial charge in [0.1, 0.15) is 0 Å². The van der Waals surface area contributed by atoms with Gasteiger partial charge in [0.15, 0.2) is 0 Å². The maximum absolute atomic E-state index is 12.5. The average molecular weight is 218 g/mol. The molecule has 0 aliphatic carbocycles. The van der Waals surface area contributed by atoms with E-state index >= 15 is 0 Å². The minimum Gasteiger partial charge on any atom is -0.328 e. The van der Waals surface area contributed by atoms with Crippen LogP contribution in [-0.4, -0.2) is 11.0 Å². The van der Waals surface area contributed by atoms with Crippen LogP contribution in [-0.2, 0) is 12.6 Å². The molecule has 5 heteroatoms. The summed E-state index contributed by atoms with van der Waals surface area (Å²) < 4.78 is 37.5. The highest BCUT2D eigenvalue weighted by molar-refractivity contribution is 5.23. The first-order chi connectivity index (χ1) is 6.91. The van der Waals surface area contributed by atoms with Crippen LogP contribution in [0.2, 0.25) is 0 Å². The molecule has 0 radical (unpaired) electrons. The molecule has 0 fully saturated rings. The molecule has 1 rings (SSSR count). The molecule has 0 saturated heterocycles. The Morgan fingerprint density at radius 1 is 1.47 bits per heavy atom. The van der Waals surface area contributed by atoms with Crippen molar-refractivity contribution in [2.45, 2.75) is 32.0 Å². The summed E-state index contributed by atoms with van der Waals surface area (Å²) >= 11 is 0. The highest BCUT2D eigenvalue weighted by Crippen LogP contribution is 2.31. The van der Waals surface area contributed by atoms with Gasteiger partial charge in [-0.25, -0.2) is 0 Å². The molecular weight excluding hydrogens is 205 g/mol. The lowest BCUT2D eigenvalue weighted by Gasteiger charge is -2.12. The average Bonchev–Trinajstić information content (AvgIpc) is 2.13. The molecule has 84 valence electrons. The summed E-state index contributed by atoms with van der Waals surface area (Å²) in [5, 5.41) is 0. The summed E-state index contributed by atoms with van der Waals surface area (Å²) in [6, 6.07) is 2.22. The number of aromatic nitrogens is 1. The molecule has 1 atom stereocenters. The Morgan fingerprint density at radius 3 is 2.67 bits per heavy atom. The summed E-state index contributed by atoms with van der Waals surface area (Å²) in [5.41, 5.74) is 4.90. The van der Waals surface area contributed by atoms with E-state index < -0.39 is 11.7 Å². The number of nitrogens with two attached hydrogens (primary N) is 1. The zero-order chi connectivity index (χ0) is 11.5. The van der Waals surface area contributed by atoms with Crippen molar-refractivity contribution in [3.63, 3.8) is 0 Å². The Bertz CT molecular complexity index is 321. The molecule has 0 aliphatic heterocycles. The third kappa shape index (κ3) is 3.51. The predicted molar refractivity (Wildman–Crippen MR) is 51.2 cm³/mol. The van der Waals surface area contributed by atoms with Crippen LogP contribution in [0.25, 0.3) is 0 Å². The number of pyridine rings is 1. The maximum Gasteiger partial charge on any atom is 0.418 e. The fourth-order valence-corrected chi connectivity index (χ4v) is 1.26. The standard InChI is InChI=1S/C10H13F3N2/c1-7(14)4-5-9-8(10(11,12)13)3-2-6-15-9/h2-3,6-7H,4-5,14H2,1H3. The van der Waals surface area contributed by atoms with Crippen LogP contribution in [0, 0.1) is 0 Å². The summed E-state index contributed by atoms with van der Waals surface area (Å²) in [4.78, 5) is 3.74. The normalized spacial score (nSPS) is 13.9. The van der Waals surface area contributed by atoms with Gasteiger partial charge in [0, 0.05) is 12.2 Å². The van der Waals surface area contributed by atoms with Crippen LogP contribution in [0.5, 0.6) is 0 Å². The SMILES string of the molecule is CC(N)CCc1ncccc1C(F)(F)F. The van der Waals surface area contributed by atoms with Gasteiger partial charge in [-0.05, 0) is 31.9 Å². The number of alkyl halides is 3. The molecule has 2 nitrogen and oxygen atoms in total. The van der Waals surface area contributed by atoms with E-state index in [4.69, 9.17) is 5.73 Å². The van der Waals surface area contributed by atoms with Gasteiger partial charge in [-0.2, -0.15) is 13.2 Å². The lowest BCUT2D eigenvalue weighted by molar-refractivity contribution is -0.138. The first kappa shape index (κ1) is 12.0. The summed E-state index contributed by atoms with van der Waals surface area (Å²) in [6.45, 7) is 1.76. The van der Waals surface area contributed by atoms with E-state index in [1.54, 1.807) is 6.92 Å². The summed E-state index contributed by atoms with van der Waals surface area (Å²) in [5.74, 6) is 0. The van der Waals surface area contributed by atoms with Crippen molar-refractivity contribution in [2.75, 3.05) is 0 Å². The first-order valence-electron chi connectivity index (χ1n) is 4.68. The van der Waals surface area contributed by atoms with Crippen LogP contribution >= 0.6 is 0 Å². The Balaban J connectivity index is 2.87. The minimum atomic E-state index is -4.33. The number of hydrogen-bond donors (Lipinski definition) is 1. The van der Waals surface area contributed by atoms with E-state index in [1.165, 1.54) is 12.3 Å². The molecule has 0 aliphatic rings. The third-order valence-electron chi connectivity index (χ3n) is 2.03. The molecule has 0 bridgehead atoms. The highest BCUT2D eigenvalue weighted by Gasteiger charge is 2.33. The second-order valence-electron chi connectivity index (χ2n) is 3.51. The molecule has 1 unspecified atom stereocenters. The molecule has 15 heavy (non-hydrogen) atoms. The van der Waals surface area contributed by atoms with Crippen molar-refractivity contribution in [2.24, 2.45) is 5.73 Å². The van der Waals surface area contributed by atoms with Gasteiger partial charge < -0.3 is 5.73 Å². The van der Waals surface area contributed by atoms with Gasteiger partial charge in [0.05, 0.1) is 11.3 Å². The Hall–Kier alpha value is -1.10. The number of halogens is 3. The lowest BCUT2D eigenvalue weighted by Crippen LogP contribution is -2.17. The van der Waals surface area contributed by atoms with Crippen molar-refractivity contribution in [1.82, 2.24) is 4.98 Å². The monoisotopic (exact) mass is 218 g/mol. The molecule has 1 aromatic rings. The fourth-order valence-electron chi connectivity index (χ4n) is 1.26. The smallest absolute Gasteiger partial charge is 0.328 e. The maximum atomic E-state index is 12.5. The molecule has 0 saturated carbocycles. The van der Waals surface area contributed by atoms with Crippen LogP contribution in [0.15, 0.2) is 18.3 Å². The summed E-state index contributed by atoms with van der Waals surface area (Å²) in [6.07, 6.45) is -2.21. The molecule has 2 N–H and O–H groups in total. The number of nitrogens with zero attached hydrogens (tertiary/aromatic N) is 1. The van der Waals surface area contributed by atoms with Gasteiger partial charge in [0.2, 0.25) is 0 Å². The van der Waals surface area contributed by atoms with Crippen molar-refractivity contribution in [1.29, 1.82) is 0 Å². The number of rotatable bonds is 3. The number of aryl methyl sites for hydroxylation is 1. The van der Waals surface area contributed by atoms with Crippen molar-refractivity contribution in [3.8, 4) is 0 Å². The van der Waals surface area contributed by atoms with Crippen molar-refractivity contribution >= 4 is 0 Å². The van der Waals surface area contributed by atoms with E-state index in [1.807, 2.05) is 0 Å². The van der Waals surface area contributed by atoms with Gasteiger partial charge >= 0.3 is 6.18 Å². The largest absolute Gasteiger partial charge is 0.418 e. The first-order valence-corrected chi connectivity index (χ1v) is 4.68. The van der Waals surface area contributed by atoms with E-state index in [0.29, 0.717) is 6.42 Å². The van der Waals surface area contributed by atoms with Gasteiger partial charge in [0.25, 0.3) is 0 Å². The van der Waals surface area contributed by atoms with Crippen LogP contribution in [0.4, 0.5) is 13.2 Å². The predicted octanol–water partition coefficient (Wildman–Crippen LogP) is 2.38.